The molecule has 0 bridgehead atoms. The smallest absolute Gasteiger partial charge is 0.322 e. The van der Waals surface area contributed by atoms with Crippen molar-refractivity contribution >= 4 is 22.6 Å². The summed E-state index contributed by atoms with van der Waals surface area (Å²) in [7, 11) is 0. The molecule has 3 heterocycles. The van der Waals surface area contributed by atoms with Crippen molar-refractivity contribution in [3.63, 3.8) is 0 Å². The van der Waals surface area contributed by atoms with Crippen molar-refractivity contribution < 1.29 is 4.79 Å². The van der Waals surface area contributed by atoms with Crippen LogP contribution in [-0.2, 0) is 0 Å². The molecule has 0 unspecified atom stereocenters. The molecule has 8 heteroatoms. The van der Waals surface area contributed by atoms with Gasteiger partial charge >= 0.3 is 6.03 Å². The van der Waals surface area contributed by atoms with Crippen molar-refractivity contribution in [1.82, 2.24) is 24.3 Å². The number of rotatable bonds is 3. The molecule has 3 aromatic rings. The van der Waals surface area contributed by atoms with Crippen LogP contribution in [0.1, 0.15) is 23.9 Å². The maximum atomic E-state index is 12.7. The minimum atomic E-state index is -0.114. The number of carbonyl (C=O) groups is 1. The van der Waals surface area contributed by atoms with E-state index in [1.165, 1.54) is 11.5 Å². The van der Waals surface area contributed by atoms with Gasteiger partial charge in [0.15, 0.2) is 0 Å². The number of urea groups is 1. The fourth-order valence-corrected chi connectivity index (χ4v) is 3.96. The SMILES string of the molecule is Cc1cc(C)n([C@@H]2CCN(C(=O)Nc3snnc3-c3ccccc3)C2)n1. The molecular weight excluding hydrogens is 348 g/mol. The molecule has 26 heavy (non-hydrogen) atoms. The summed E-state index contributed by atoms with van der Waals surface area (Å²) in [5.74, 6) is 0. The highest BCUT2D eigenvalue weighted by atomic mass is 32.1. The van der Waals surface area contributed by atoms with Gasteiger partial charge in [0.25, 0.3) is 0 Å². The maximum Gasteiger partial charge on any atom is 0.322 e. The van der Waals surface area contributed by atoms with Crippen molar-refractivity contribution in [2.45, 2.75) is 26.3 Å². The van der Waals surface area contributed by atoms with Gasteiger partial charge in [-0.25, -0.2) is 4.79 Å². The van der Waals surface area contributed by atoms with Gasteiger partial charge in [0, 0.05) is 35.9 Å². The van der Waals surface area contributed by atoms with Crippen molar-refractivity contribution in [3.8, 4) is 11.3 Å². The first-order chi connectivity index (χ1) is 12.6. The van der Waals surface area contributed by atoms with E-state index in [0.29, 0.717) is 23.8 Å². The summed E-state index contributed by atoms with van der Waals surface area (Å²) in [4.78, 5) is 14.5. The molecule has 7 nitrogen and oxygen atoms in total. The summed E-state index contributed by atoms with van der Waals surface area (Å²) >= 11 is 1.20. The summed E-state index contributed by atoms with van der Waals surface area (Å²) in [6.45, 7) is 5.41. The van der Waals surface area contributed by atoms with E-state index in [9.17, 15) is 4.79 Å². The molecule has 2 aromatic heterocycles. The number of anilines is 1. The highest BCUT2D eigenvalue weighted by Crippen LogP contribution is 2.30. The molecule has 0 spiro atoms. The van der Waals surface area contributed by atoms with Crippen molar-refractivity contribution in [2.24, 2.45) is 0 Å². The molecule has 1 fully saturated rings. The Morgan fingerprint density at radius 1 is 1.27 bits per heavy atom. The topological polar surface area (TPSA) is 75.9 Å². The van der Waals surface area contributed by atoms with E-state index in [2.05, 4.69) is 33.0 Å². The Morgan fingerprint density at radius 2 is 2.08 bits per heavy atom. The van der Waals surface area contributed by atoms with Gasteiger partial charge in [0.1, 0.15) is 10.7 Å². The molecule has 0 saturated carbocycles. The van der Waals surface area contributed by atoms with E-state index in [-0.39, 0.29) is 12.1 Å². The minimum absolute atomic E-state index is 0.114. The second-order valence-corrected chi connectivity index (χ2v) is 7.26. The van der Waals surface area contributed by atoms with Crippen LogP contribution in [0.2, 0.25) is 0 Å². The number of hydrogen-bond acceptors (Lipinski definition) is 5. The first-order valence-corrected chi connectivity index (χ1v) is 9.35. The van der Waals surface area contributed by atoms with Gasteiger partial charge in [0.2, 0.25) is 0 Å². The van der Waals surface area contributed by atoms with Gasteiger partial charge in [-0.1, -0.05) is 34.8 Å². The van der Waals surface area contributed by atoms with E-state index in [0.717, 1.165) is 23.4 Å². The Balaban J connectivity index is 1.45. The molecule has 0 aliphatic carbocycles. The molecule has 2 amide bonds. The van der Waals surface area contributed by atoms with Crippen molar-refractivity contribution in [3.05, 3.63) is 47.8 Å². The molecule has 1 atom stereocenters. The van der Waals surface area contributed by atoms with Crippen LogP contribution in [-0.4, -0.2) is 43.4 Å². The number of nitrogens with zero attached hydrogens (tertiary/aromatic N) is 5. The number of benzene rings is 1. The molecule has 1 aromatic carbocycles. The van der Waals surface area contributed by atoms with E-state index in [4.69, 9.17) is 0 Å². The number of carbonyl (C=O) groups excluding carboxylic acids is 1. The standard InChI is InChI=1S/C18H20N6OS/c1-12-10-13(2)24(21-12)15-8-9-23(11-15)18(25)19-17-16(20-22-26-17)14-6-4-3-5-7-14/h3-7,10,15H,8-9,11H2,1-2H3,(H,19,25)/t15-/m1/s1. The zero-order chi connectivity index (χ0) is 18.1. The molecule has 0 radical (unpaired) electrons. The van der Waals surface area contributed by atoms with Gasteiger partial charge in [-0.3, -0.25) is 10.00 Å². The monoisotopic (exact) mass is 368 g/mol. The Kier molecular flexibility index (Phi) is 4.42. The average Bonchev–Trinajstić information content (AvgIpc) is 3.35. The molecule has 134 valence electrons. The number of hydrogen-bond donors (Lipinski definition) is 1. The lowest BCUT2D eigenvalue weighted by Gasteiger charge is -2.17. The lowest BCUT2D eigenvalue weighted by molar-refractivity contribution is 0.220. The van der Waals surface area contributed by atoms with Gasteiger partial charge in [-0.05, 0) is 26.3 Å². The number of aryl methyl sites for hydroxylation is 2. The summed E-state index contributed by atoms with van der Waals surface area (Å²) in [5, 5.41) is 12.4. The molecular formula is C18H20N6OS. The quantitative estimate of drug-likeness (QED) is 0.768. The van der Waals surface area contributed by atoms with Crippen LogP contribution in [0.5, 0.6) is 0 Å². The largest absolute Gasteiger partial charge is 0.322 e. The fourth-order valence-electron chi connectivity index (χ4n) is 3.38. The number of aromatic nitrogens is 4. The second kappa shape index (κ2) is 6.87. The Bertz CT molecular complexity index is 919. The van der Waals surface area contributed by atoms with Gasteiger partial charge in [0.05, 0.1) is 11.7 Å². The van der Waals surface area contributed by atoms with Gasteiger partial charge < -0.3 is 4.90 Å². The normalized spacial score (nSPS) is 16.8. The van der Waals surface area contributed by atoms with Gasteiger partial charge in [-0.15, -0.1) is 5.10 Å². The van der Waals surface area contributed by atoms with Crippen LogP contribution in [0, 0.1) is 13.8 Å². The van der Waals surface area contributed by atoms with Crippen molar-refractivity contribution in [2.75, 3.05) is 18.4 Å². The van der Waals surface area contributed by atoms with Crippen LogP contribution in [0.25, 0.3) is 11.3 Å². The van der Waals surface area contributed by atoms with E-state index in [1.54, 1.807) is 0 Å². The first-order valence-electron chi connectivity index (χ1n) is 8.58. The zero-order valence-corrected chi connectivity index (χ0v) is 15.5. The molecule has 1 aliphatic rings. The summed E-state index contributed by atoms with van der Waals surface area (Å²) in [6.07, 6.45) is 0.905. The highest BCUT2D eigenvalue weighted by molar-refractivity contribution is 7.10. The molecule has 1 N–H and O–H groups in total. The van der Waals surface area contributed by atoms with Gasteiger partial charge in [-0.2, -0.15) is 5.10 Å². The summed E-state index contributed by atoms with van der Waals surface area (Å²) in [6, 6.07) is 11.9. The van der Waals surface area contributed by atoms with E-state index < -0.39 is 0 Å². The van der Waals surface area contributed by atoms with Crippen LogP contribution in [0.4, 0.5) is 9.80 Å². The number of likely N-dealkylation sites (tertiary alicyclic amines) is 1. The van der Waals surface area contributed by atoms with Crippen LogP contribution in [0.3, 0.4) is 0 Å². The van der Waals surface area contributed by atoms with Crippen molar-refractivity contribution in [1.29, 1.82) is 0 Å². The third-order valence-corrected chi connectivity index (χ3v) is 5.24. The average molecular weight is 368 g/mol. The molecule has 4 rings (SSSR count). The van der Waals surface area contributed by atoms with Crippen LogP contribution in [0.15, 0.2) is 36.4 Å². The second-order valence-electron chi connectivity index (χ2n) is 6.51. The third-order valence-electron chi connectivity index (χ3n) is 4.60. The Labute approximate surface area is 155 Å². The van der Waals surface area contributed by atoms with Crippen LogP contribution >= 0.6 is 11.5 Å². The zero-order valence-electron chi connectivity index (χ0n) is 14.7. The highest BCUT2D eigenvalue weighted by Gasteiger charge is 2.29. The Hall–Kier alpha value is -2.74. The molecule has 1 aliphatic heterocycles. The summed E-state index contributed by atoms with van der Waals surface area (Å²) < 4.78 is 6.03. The predicted octanol–water partition coefficient (Wildman–Crippen LogP) is 3.50. The lowest BCUT2D eigenvalue weighted by atomic mass is 10.2. The van der Waals surface area contributed by atoms with Crippen LogP contribution < -0.4 is 5.32 Å². The predicted molar refractivity (Wildman–Crippen MR) is 101 cm³/mol. The Morgan fingerprint density at radius 3 is 2.81 bits per heavy atom. The first kappa shape index (κ1) is 16.7. The number of amides is 2. The lowest BCUT2D eigenvalue weighted by Crippen LogP contribution is -2.33. The third kappa shape index (κ3) is 3.20. The minimum Gasteiger partial charge on any atom is -0.322 e. The van der Waals surface area contributed by atoms with E-state index >= 15 is 0 Å². The number of nitrogens with one attached hydrogen (secondary N) is 1. The summed E-state index contributed by atoms with van der Waals surface area (Å²) in [5.41, 5.74) is 3.79. The maximum absolute atomic E-state index is 12.7. The molecule has 1 saturated heterocycles. The fraction of sp³-hybridized carbons (Fsp3) is 0.333. The van der Waals surface area contributed by atoms with E-state index in [1.807, 2.05) is 46.8 Å².